The fraction of sp³-hybridized carbons (Fsp3) is 0.368. The molecule has 5 nitrogen and oxygen atoms in total. The van der Waals surface area contributed by atoms with Gasteiger partial charge in [0.25, 0.3) is 0 Å². The molecule has 0 aliphatic rings. The third-order valence-corrected chi connectivity index (χ3v) is 3.93. The van der Waals surface area contributed by atoms with Crippen molar-refractivity contribution in [3.63, 3.8) is 0 Å². The molecule has 1 N–H and O–H groups in total. The van der Waals surface area contributed by atoms with Crippen molar-refractivity contribution in [2.45, 2.75) is 19.5 Å². The molecule has 0 bridgehead atoms. The molecule has 0 fully saturated rings. The first-order chi connectivity index (χ1) is 11.6. The molecule has 0 heterocycles. The lowest BCUT2D eigenvalue weighted by molar-refractivity contribution is 0.389. The Morgan fingerprint density at radius 2 is 1.42 bits per heavy atom. The highest BCUT2D eigenvalue weighted by molar-refractivity contribution is 5.42. The number of methoxy groups -OCH3 is 4. The summed E-state index contributed by atoms with van der Waals surface area (Å²) < 4.78 is 21.4. The molecule has 0 spiro atoms. The fourth-order valence-corrected chi connectivity index (χ4v) is 2.53. The van der Waals surface area contributed by atoms with Crippen LogP contribution in [-0.2, 0) is 6.54 Å². The van der Waals surface area contributed by atoms with E-state index < -0.39 is 0 Å². The summed E-state index contributed by atoms with van der Waals surface area (Å²) in [7, 11) is 6.63. The topological polar surface area (TPSA) is 49.0 Å². The lowest BCUT2D eigenvalue weighted by Gasteiger charge is -2.19. The molecule has 0 saturated carbocycles. The normalized spacial score (nSPS) is 11.7. The number of nitrogens with one attached hydrogen (secondary N) is 1. The zero-order valence-electron chi connectivity index (χ0n) is 14.9. The van der Waals surface area contributed by atoms with Crippen LogP contribution in [0.15, 0.2) is 36.4 Å². The summed E-state index contributed by atoms with van der Waals surface area (Å²) >= 11 is 0. The molecule has 0 radical (unpaired) electrons. The molecule has 2 rings (SSSR count). The Morgan fingerprint density at radius 1 is 0.792 bits per heavy atom. The van der Waals surface area contributed by atoms with Crippen molar-refractivity contribution in [1.29, 1.82) is 0 Å². The van der Waals surface area contributed by atoms with E-state index in [4.69, 9.17) is 18.9 Å². The number of benzene rings is 2. The Kier molecular flexibility index (Phi) is 6.32. The van der Waals surface area contributed by atoms with Crippen molar-refractivity contribution < 1.29 is 18.9 Å². The van der Waals surface area contributed by atoms with Crippen LogP contribution in [0.4, 0.5) is 0 Å². The van der Waals surface area contributed by atoms with Crippen molar-refractivity contribution in [3.8, 4) is 23.0 Å². The van der Waals surface area contributed by atoms with Crippen LogP contribution in [0.1, 0.15) is 24.1 Å². The molecule has 1 atom stereocenters. The minimum absolute atomic E-state index is 0.0900. The maximum Gasteiger partial charge on any atom is 0.123 e. The largest absolute Gasteiger partial charge is 0.497 e. The third kappa shape index (κ3) is 4.32. The van der Waals surface area contributed by atoms with Crippen LogP contribution in [0.5, 0.6) is 23.0 Å². The molecule has 0 saturated heterocycles. The molecular weight excluding hydrogens is 306 g/mol. The van der Waals surface area contributed by atoms with E-state index in [2.05, 4.69) is 12.2 Å². The second-order valence-corrected chi connectivity index (χ2v) is 5.43. The first-order valence-electron chi connectivity index (χ1n) is 7.78. The number of hydrogen-bond donors (Lipinski definition) is 1. The van der Waals surface area contributed by atoms with E-state index in [1.807, 2.05) is 36.4 Å². The molecule has 24 heavy (non-hydrogen) atoms. The monoisotopic (exact) mass is 331 g/mol. The highest BCUT2D eigenvalue weighted by atomic mass is 16.5. The van der Waals surface area contributed by atoms with Gasteiger partial charge in [0.1, 0.15) is 23.0 Å². The van der Waals surface area contributed by atoms with Gasteiger partial charge in [-0.05, 0) is 42.8 Å². The molecule has 0 aliphatic carbocycles. The van der Waals surface area contributed by atoms with E-state index in [9.17, 15) is 0 Å². The van der Waals surface area contributed by atoms with Gasteiger partial charge < -0.3 is 24.3 Å². The van der Waals surface area contributed by atoms with Crippen molar-refractivity contribution in [3.05, 3.63) is 47.5 Å². The summed E-state index contributed by atoms with van der Waals surface area (Å²) in [6.07, 6.45) is 0. The predicted octanol–water partition coefficient (Wildman–Crippen LogP) is 3.57. The fourth-order valence-electron chi connectivity index (χ4n) is 2.53. The summed E-state index contributed by atoms with van der Waals surface area (Å²) in [5.74, 6) is 3.19. The minimum Gasteiger partial charge on any atom is -0.497 e. The Balaban J connectivity index is 2.14. The predicted molar refractivity (Wildman–Crippen MR) is 94.3 cm³/mol. The maximum absolute atomic E-state index is 5.46. The van der Waals surface area contributed by atoms with Crippen LogP contribution in [0.2, 0.25) is 0 Å². The summed E-state index contributed by atoms with van der Waals surface area (Å²) in [5.41, 5.74) is 2.13. The summed E-state index contributed by atoms with van der Waals surface area (Å²) in [6, 6.07) is 11.7. The Labute approximate surface area is 143 Å². The number of hydrogen-bond acceptors (Lipinski definition) is 5. The van der Waals surface area contributed by atoms with Gasteiger partial charge in [-0.1, -0.05) is 0 Å². The van der Waals surface area contributed by atoms with E-state index in [1.54, 1.807) is 28.4 Å². The van der Waals surface area contributed by atoms with Crippen LogP contribution in [0.25, 0.3) is 0 Å². The molecule has 130 valence electrons. The van der Waals surface area contributed by atoms with Crippen LogP contribution in [-0.4, -0.2) is 28.4 Å². The summed E-state index contributed by atoms with van der Waals surface area (Å²) in [6.45, 7) is 2.77. The van der Waals surface area contributed by atoms with Crippen LogP contribution < -0.4 is 24.3 Å². The van der Waals surface area contributed by atoms with Gasteiger partial charge in [0.2, 0.25) is 0 Å². The van der Waals surface area contributed by atoms with E-state index in [0.717, 1.165) is 34.1 Å². The molecule has 2 aromatic rings. The Bertz CT molecular complexity index is 650. The average Bonchev–Trinajstić information content (AvgIpc) is 2.64. The highest BCUT2D eigenvalue weighted by Gasteiger charge is 2.13. The van der Waals surface area contributed by atoms with E-state index in [1.165, 1.54) is 0 Å². The second-order valence-electron chi connectivity index (χ2n) is 5.43. The van der Waals surface area contributed by atoms with Crippen LogP contribution in [0.3, 0.4) is 0 Å². The lowest BCUT2D eigenvalue weighted by atomic mass is 10.1. The minimum atomic E-state index is 0.0900. The molecule has 5 heteroatoms. The number of rotatable bonds is 8. The smallest absolute Gasteiger partial charge is 0.123 e. The third-order valence-electron chi connectivity index (χ3n) is 3.93. The SMILES string of the molecule is COc1cc(CNC(C)c2cc(OC)ccc2OC)cc(OC)c1. The summed E-state index contributed by atoms with van der Waals surface area (Å²) in [5, 5.41) is 3.50. The highest BCUT2D eigenvalue weighted by Crippen LogP contribution is 2.30. The van der Waals surface area contributed by atoms with E-state index in [-0.39, 0.29) is 6.04 Å². The Hall–Kier alpha value is -2.40. The van der Waals surface area contributed by atoms with Crippen molar-refractivity contribution in [1.82, 2.24) is 5.32 Å². The van der Waals surface area contributed by atoms with Gasteiger partial charge in [0.15, 0.2) is 0 Å². The van der Waals surface area contributed by atoms with Crippen LogP contribution in [0, 0.1) is 0 Å². The molecule has 1 unspecified atom stereocenters. The molecule has 0 aromatic heterocycles. The first-order valence-corrected chi connectivity index (χ1v) is 7.78. The van der Waals surface area contributed by atoms with Crippen LogP contribution >= 0.6 is 0 Å². The van der Waals surface area contributed by atoms with Gasteiger partial charge in [-0.15, -0.1) is 0 Å². The van der Waals surface area contributed by atoms with Gasteiger partial charge in [-0.25, -0.2) is 0 Å². The Morgan fingerprint density at radius 3 is 1.96 bits per heavy atom. The van der Waals surface area contributed by atoms with E-state index in [0.29, 0.717) is 6.54 Å². The van der Waals surface area contributed by atoms with Crippen molar-refractivity contribution >= 4 is 0 Å². The molecule has 0 aliphatic heterocycles. The zero-order valence-corrected chi connectivity index (χ0v) is 14.9. The first kappa shape index (κ1) is 17.9. The van der Waals surface area contributed by atoms with Gasteiger partial charge in [-0.2, -0.15) is 0 Å². The van der Waals surface area contributed by atoms with E-state index >= 15 is 0 Å². The van der Waals surface area contributed by atoms with Gasteiger partial charge in [-0.3, -0.25) is 0 Å². The average molecular weight is 331 g/mol. The quantitative estimate of drug-likeness (QED) is 0.801. The lowest BCUT2D eigenvalue weighted by Crippen LogP contribution is -2.19. The standard InChI is InChI=1S/C19H25NO4/c1-13(18-11-15(21-2)6-7-19(18)24-5)20-12-14-8-16(22-3)10-17(9-14)23-4/h6-11,13,20H,12H2,1-5H3. The van der Waals surface area contributed by atoms with Crippen molar-refractivity contribution in [2.24, 2.45) is 0 Å². The van der Waals surface area contributed by atoms with Crippen molar-refractivity contribution in [2.75, 3.05) is 28.4 Å². The molecule has 0 amide bonds. The maximum atomic E-state index is 5.46. The van der Waals surface area contributed by atoms with Gasteiger partial charge >= 0.3 is 0 Å². The number of ether oxygens (including phenoxy) is 4. The second kappa shape index (κ2) is 8.45. The molecule has 2 aromatic carbocycles. The van der Waals surface area contributed by atoms with Gasteiger partial charge in [0.05, 0.1) is 28.4 Å². The molecular formula is C19H25NO4. The zero-order chi connectivity index (χ0) is 17.5. The van der Waals surface area contributed by atoms with Gasteiger partial charge in [0, 0.05) is 24.2 Å². The summed E-state index contributed by atoms with van der Waals surface area (Å²) in [4.78, 5) is 0.